The molecular formula is C7H18NOP. The van der Waals surface area contributed by atoms with Gasteiger partial charge in [0.1, 0.15) is 0 Å². The highest BCUT2D eigenvalue weighted by atomic mass is 31.2. The molecule has 0 spiro atoms. The van der Waals surface area contributed by atoms with E-state index >= 15 is 0 Å². The number of hydrogen-bond donors (Lipinski definition) is 1. The standard InChI is InChI=1S/C7H18NOP/c1-6(2)10(9,8-5)7(3)4/h6-7H,1-5H3,(H,8,9). The highest BCUT2D eigenvalue weighted by Crippen LogP contribution is 2.49. The van der Waals surface area contributed by atoms with Crippen LogP contribution in [0.1, 0.15) is 27.7 Å². The van der Waals surface area contributed by atoms with Crippen LogP contribution in [0.2, 0.25) is 0 Å². The van der Waals surface area contributed by atoms with Gasteiger partial charge in [-0.2, -0.15) is 0 Å². The molecule has 0 aliphatic heterocycles. The van der Waals surface area contributed by atoms with Crippen molar-refractivity contribution in [3.8, 4) is 0 Å². The molecule has 0 aliphatic rings. The van der Waals surface area contributed by atoms with Crippen molar-refractivity contribution in [3.63, 3.8) is 0 Å². The summed E-state index contributed by atoms with van der Waals surface area (Å²) in [5, 5.41) is 2.93. The summed E-state index contributed by atoms with van der Waals surface area (Å²) >= 11 is 0. The minimum atomic E-state index is -2.09. The molecule has 0 atom stereocenters. The summed E-state index contributed by atoms with van der Waals surface area (Å²) in [4.78, 5) is 0. The molecule has 0 fully saturated rings. The van der Waals surface area contributed by atoms with Gasteiger partial charge in [0.2, 0.25) is 0 Å². The molecule has 0 radical (unpaired) electrons. The minimum absolute atomic E-state index is 0.248. The van der Waals surface area contributed by atoms with E-state index in [9.17, 15) is 4.57 Å². The fourth-order valence-corrected chi connectivity index (χ4v) is 3.34. The van der Waals surface area contributed by atoms with Gasteiger partial charge in [0.15, 0.2) is 7.29 Å². The van der Waals surface area contributed by atoms with Crippen LogP contribution < -0.4 is 5.09 Å². The minimum Gasteiger partial charge on any atom is -0.306 e. The van der Waals surface area contributed by atoms with E-state index in [-0.39, 0.29) is 11.3 Å². The zero-order valence-corrected chi connectivity index (χ0v) is 8.40. The van der Waals surface area contributed by atoms with Crippen molar-refractivity contribution < 1.29 is 4.57 Å². The number of hydrogen-bond acceptors (Lipinski definition) is 1. The van der Waals surface area contributed by atoms with Crippen molar-refractivity contribution in [1.29, 1.82) is 0 Å². The smallest absolute Gasteiger partial charge is 0.152 e. The molecular weight excluding hydrogens is 145 g/mol. The lowest BCUT2D eigenvalue weighted by atomic mass is 10.5. The molecule has 0 heterocycles. The summed E-state index contributed by atoms with van der Waals surface area (Å²) in [6.07, 6.45) is 0. The van der Waals surface area contributed by atoms with E-state index < -0.39 is 7.29 Å². The molecule has 10 heavy (non-hydrogen) atoms. The van der Waals surface area contributed by atoms with Crippen LogP contribution in [0.5, 0.6) is 0 Å². The number of nitrogens with one attached hydrogen (secondary N) is 1. The Hall–Kier alpha value is 0.190. The summed E-state index contributed by atoms with van der Waals surface area (Å²) in [5.41, 5.74) is 0.495. The molecule has 0 aliphatic carbocycles. The fourth-order valence-electron chi connectivity index (χ4n) is 1.11. The van der Waals surface area contributed by atoms with Crippen LogP contribution in [-0.4, -0.2) is 18.4 Å². The predicted molar refractivity (Wildman–Crippen MR) is 46.9 cm³/mol. The van der Waals surface area contributed by atoms with Crippen molar-refractivity contribution in [2.75, 3.05) is 7.05 Å². The van der Waals surface area contributed by atoms with Gasteiger partial charge in [-0.1, -0.05) is 27.7 Å². The average Bonchev–Trinajstić information content (AvgIpc) is 1.85. The predicted octanol–water partition coefficient (Wildman–Crippen LogP) is 2.30. The maximum absolute atomic E-state index is 11.9. The van der Waals surface area contributed by atoms with E-state index in [2.05, 4.69) is 5.09 Å². The summed E-state index contributed by atoms with van der Waals surface area (Å²) in [5.74, 6) is 0. The summed E-state index contributed by atoms with van der Waals surface area (Å²) in [6, 6.07) is 0. The van der Waals surface area contributed by atoms with Crippen molar-refractivity contribution in [2.24, 2.45) is 0 Å². The Morgan fingerprint density at radius 1 is 1.10 bits per heavy atom. The Morgan fingerprint density at radius 2 is 1.40 bits per heavy atom. The van der Waals surface area contributed by atoms with Crippen LogP contribution in [0.4, 0.5) is 0 Å². The molecule has 3 heteroatoms. The molecule has 62 valence electrons. The quantitative estimate of drug-likeness (QED) is 0.647. The first kappa shape index (κ1) is 10.2. The Morgan fingerprint density at radius 3 is 1.40 bits per heavy atom. The Kier molecular flexibility index (Phi) is 3.61. The summed E-state index contributed by atoms with van der Waals surface area (Å²) < 4.78 is 11.9. The van der Waals surface area contributed by atoms with Gasteiger partial charge in [-0.05, 0) is 7.05 Å². The lowest BCUT2D eigenvalue weighted by Gasteiger charge is -2.24. The van der Waals surface area contributed by atoms with Gasteiger partial charge in [-0.15, -0.1) is 0 Å². The SMILES string of the molecule is CNP(=O)(C(C)C)C(C)C. The van der Waals surface area contributed by atoms with Gasteiger partial charge >= 0.3 is 0 Å². The van der Waals surface area contributed by atoms with Crippen LogP contribution in [0.25, 0.3) is 0 Å². The fraction of sp³-hybridized carbons (Fsp3) is 1.00. The molecule has 0 bridgehead atoms. The molecule has 0 saturated carbocycles. The molecule has 0 aromatic heterocycles. The van der Waals surface area contributed by atoms with E-state index in [1.165, 1.54) is 0 Å². The van der Waals surface area contributed by atoms with Crippen LogP contribution in [-0.2, 0) is 4.57 Å². The zero-order valence-electron chi connectivity index (χ0n) is 7.51. The Balaban J connectivity index is 4.40. The molecule has 0 aromatic carbocycles. The van der Waals surface area contributed by atoms with E-state index in [4.69, 9.17) is 0 Å². The second-order valence-corrected chi connectivity index (χ2v) is 7.05. The first-order chi connectivity index (χ1) is 4.45. The monoisotopic (exact) mass is 163 g/mol. The highest BCUT2D eigenvalue weighted by molar-refractivity contribution is 7.63. The third kappa shape index (κ3) is 1.83. The van der Waals surface area contributed by atoms with Gasteiger partial charge in [0.25, 0.3) is 0 Å². The third-order valence-electron chi connectivity index (χ3n) is 1.88. The largest absolute Gasteiger partial charge is 0.306 e. The van der Waals surface area contributed by atoms with Crippen molar-refractivity contribution in [1.82, 2.24) is 5.09 Å². The van der Waals surface area contributed by atoms with E-state index in [1.807, 2.05) is 27.7 Å². The first-order valence-corrected chi connectivity index (χ1v) is 5.58. The molecule has 0 unspecified atom stereocenters. The maximum Gasteiger partial charge on any atom is 0.152 e. The van der Waals surface area contributed by atoms with E-state index in [0.717, 1.165) is 0 Å². The Labute approximate surface area is 63.8 Å². The zero-order chi connectivity index (χ0) is 8.36. The first-order valence-electron chi connectivity index (χ1n) is 3.73. The van der Waals surface area contributed by atoms with Crippen molar-refractivity contribution in [2.45, 2.75) is 39.0 Å². The Bertz CT molecular complexity index is 131. The van der Waals surface area contributed by atoms with Crippen LogP contribution in [0, 0.1) is 0 Å². The topological polar surface area (TPSA) is 29.1 Å². The molecule has 1 N–H and O–H groups in total. The van der Waals surface area contributed by atoms with Gasteiger partial charge in [0, 0.05) is 11.3 Å². The number of rotatable bonds is 3. The average molecular weight is 163 g/mol. The van der Waals surface area contributed by atoms with Crippen molar-refractivity contribution >= 4 is 7.29 Å². The van der Waals surface area contributed by atoms with Gasteiger partial charge in [-0.25, -0.2) is 0 Å². The van der Waals surface area contributed by atoms with Crippen LogP contribution in [0.15, 0.2) is 0 Å². The summed E-state index contributed by atoms with van der Waals surface area (Å²) in [7, 11) is -0.316. The molecule has 0 saturated heterocycles. The van der Waals surface area contributed by atoms with E-state index in [0.29, 0.717) is 0 Å². The molecule has 0 rings (SSSR count). The van der Waals surface area contributed by atoms with Gasteiger partial charge < -0.3 is 4.57 Å². The van der Waals surface area contributed by atoms with Crippen LogP contribution in [0.3, 0.4) is 0 Å². The van der Waals surface area contributed by atoms with Gasteiger partial charge in [-0.3, -0.25) is 5.09 Å². The lowest BCUT2D eigenvalue weighted by molar-refractivity contribution is 0.554. The van der Waals surface area contributed by atoms with E-state index in [1.54, 1.807) is 7.05 Å². The van der Waals surface area contributed by atoms with Crippen molar-refractivity contribution in [3.05, 3.63) is 0 Å². The second-order valence-electron chi connectivity index (χ2n) is 3.12. The second kappa shape index (κ2) is 3.54. The highest BCUT2D eigenvalue weighted by Gasteiger charge is 2.27. The third-order valence-corrected chi connectivity index (χ3v) is 5.65. The summed E-state index contributed by atoms with van der Waals surface area (Å²) in [6.45, 7) is 7.99. The normalized spacial score (nSPS) is 13.1. The molecule has 0 amide bonds. The maximum atomic E-state index is 11.9. The van der Waals surface area contributed by atoms with Gasteiger partial charge in [0.05, 0.1) is 0 Å². The molecule has 2 nitrogen and oxygen atoms in total. The van der Waals surface area contributed by atoms with Crippen LogP contribution >= 0.6 is 7.29 Å². The lowest BCUT2D eigenvalue weighted by Crippen LogP contribution is -2.19. The molecule has 0 aromatic rings.